The Labute approximate surface area is 212 Å². The van der Waals surface area contributed by atoms with Crippen LogP contribution in [0.15, 0.2) is 42.0 Å². The maximum absolute atomic E-state index is 12.7. The van der Waals surface area contributed by atoms with Crippen LogP contribution in [0.5, 0.6) is 5.75 Å². The number of amides is 2. The first-order chi connectivity index (χ1) is 17.0. The monoisotopic (exact) mass is 502 g/mol. The van der Waals surface area contributed by atoms with Crippen molar-refractivity contribution in [2.75, 3.05) is 19.5 Å². The second-order valence-corrected chi connectivity index (χ2v) is 10.0. The highest BCUT2D eigenvalue weighted by atomic mass is 16.6. The predicted molar refractivity (Wildman–Crippen MR) is 136 cm³/mol. The fourth-order valence-electron chi connectivity index (χ4n) is 4.83. The van der Waals surface area contributed by atoms with Crippen molar-refractivity contribution in [2.24, 2.45) is 11.8 Å². The van der Waals surface area contributed by atoms with E-state index < -0.39 is 30.1 Å². The third-order valence-electron chi connectivity index (χ3n) is 6.88. The summed E-state index contributed by atoms with van der Waals surface area (Å²) < 4.78 is 16.4. The average molecular weight is 503 g/mol. The lowest BCUT2D eigenvalue weighted by atomic mass is 9.84. The highest BCUT2D eigenvalue weighted by Crippen LogP contribution is 2.32. The molecule has 1 aromatic carbocycles. The van der Waals surface area contributed by atoms with Crippen molar-refractivity contribution in [3.8, 4) is 5.75 Å². The third kappa shape index (κ3) is 7.09. The van der Waals surface area contributed by atoms with Gasteiger partial charge in [-0.25, -0.2) is 4.79 Å². The van der Waals surface area contributed by atoms with E-state index in [2.05, 4.69) is 10.6 Å². The van der Waals surface area contributed by atoms with Crippen molar-refractivity contribution in [2.45, 2.75) is 70.5 Å². The van der Waals surface area contributed by atoms with Gasteiger partial charge < -0.3 is 29.7 Å². The number of alkyl carbamates (subject to hydrolysis) is 1. The molecular formula is C27H38N2O7. The molecule has 1 aromatic rings. The van der Waals surface area contributed by atoms with Gasteiger partial charge in [0.05, 0.1) is 19.6 Å². The van der Waals surface area contributed by atoms with Crippen molar-refractivity contribution in [3.05, 3.63) is 47.6 Å². The molecule has 198 valence electrons. The molecule has 6 atom stereocenters. The van der Waals surface area contributed by atoms with E-state index in [9.17, 15) is 19.8 Å². The fraction of sp³-hybridized carbons (Fsp3) is 0.556. The average Bonchev–Trinajstić information content (AvgIpc) is 2.80. The van der Waals surface area contributed by atoms with E-state index in [1.54, 1.807) is 25.3 Å². The Bertz CT molecular complexity index is 1010. The first kappa shape index (κ1) is 27.7. The molecule has 6 unspecified atom stereocenters. The molecule has 9 heteroatoms. The summed E-state index contributed by atoms with van der Waals surface area (Å²) in [5, 5.41) is 27.4. The molecule has 0 aromatic heterocycles. The zero-order chi connectivity index (χ0) is 26.5. The number of ether oxygens (including phenoxy) is 3. The van der Waals surface area contributed by atoms with E-state index in [-0.39, 0.29) is 30.6 Å². The number of benzene rings is 1. The normalized spacial score (nSPS) is 32.1. The highest BCUT2D eigenvalue weighted by molar-refractivity contribution is 5.91. The maximum Gasteiger partial charge on any atom is 0.409 e. The van der Waals surface area contributed by atoms with Gasteiger partial charge in [0.15, 0.2) is 5.72 Å². The molecule has 4 N–H and O–H groups in total. The molecule has 1 fully saturated rings. The highest BCUT2D eigenvalue weighted by Gasteiger charge is 2.46. The van der Waals surface area contributed by atoms with Gasteiger partial charge in [-0.3, -0.25) is 10.1 Å². The van der Waals surface area contributed by atoms with Gasteiger partial charge in [0.2, 0.25) is 5.91 Å². The Kier molecular flexibility index (Phi) is 9.16. The minimum atomic E-state index is -1.66. The van der Waals surface area contributed by atoms with Crippen LogP contribution in [-0.2, 0) is 20.7 Å². The molecule has 2 amide bonds. The molecule has 4 bridgehead atoms. The van der Waals surface area contributed by atoms with Crippen LogP contribution in [0.1, 0.15) is 45.6 Å². The van der Waals surface area contributed by atoms with E-state index in [4.69, 9.17) is 14.2 Å². The zero-order valence-electron chi connectivity index (χ0n) is 21.6. The summed E-state index contributed by atoms with van der Waals surface area (Å²) >= 11 is 0. The van der Waals surface area contributed by atoms with Crippen LogP contribution in [0.4, 0.5) is 10.5 Å². The van der Waals surface area contributed by atoms with Gasteiger partial charge in [-0.2, -0.15) is 0 Å². The van der Waals surface area contributed by atoms with E-state index in [0.717, 1.165) is 11.1 Å². The minimum absolute atomic E-state index is 0.0784. The van der Waals surface area contributed by atoms with Gasteiger partial charge >= 0.3 is 6.09 Å². The number of allylic oxidation sites excluding steroid dienone is 3. The number of nitrogens with one attached hydrogen (secondary N) is 2. The second kappa shape index (κ2) is 11.9. The molecule has 0 saturated carbocycles. The van der Waals surface area contributed by atoms with Crippen molar-refractivity contribution < 1.29 is 34.0 Å². The summed E-state index contributed by atoms with van der Waals surface area (Å²) in [5.41, 5.74) is 0.891. The molecule has 2 aliphatic rings. The van der Waals surface area contributed by atoms with Crippen molar-refractivity contribution in [1.29, 1.82) is 0 Å². The summed E-state index contributed by atoms with van der Waals surface area (Å²) in [5.74, 6) is -0.119. The largest absolute Gasteiger partial charge is 0.497 e. The number of hydrogen-bond donors (Lipinski definition) is 4. The third-order valence-corrected chi connectivity index (χ3v) is 6.88. The van der Waals surface area contributed by atoms with Gasteiger partial charge in [-0.05, 0) is 49.3 Å². The van der Waals surface area contributed by atoms with Crippen molar-refractivity contribution >= 4 is 17.7 Å². The molecule has 36 heavy (non-hydrogen) atoms. The lowest BCUT2D eigenvalue weighted by Gasteiger charge is -2.42. The van der Waals surface area contributed by atoms with Crippen LogP contribution < -0.4 is 15.4 Å². The zero-order valence-corrected chi connectivity index (χ0v) is 21.6. The number of hydrogen-bond acceptors (Lipinski definition) is 7. The SMILES string of the molecule is COc1cc2cc(c1)NC(=O)CC(O)C(C)CC(C)C1CC(O)(NC(=O)O1)C(OC)C=CC=C(C)C2. The molecule has 1 saturated heterocycles. The van der Waals surface area contributed by atoms with E-state index in [1.165, 1.54) is 7.11 Å². The second-order valence-electron chi connectivity index (χ2n) is 10.0. The van der Waals surface area contributed by atoms with Gasteiger partial charge in [-0.15, -0.1) is 0 Å². The smallest absolute Gasteiger partial charge is 0.409 e. The predicted octanol–water partition coefficient (Wildman–Crippen LogP) is 3.31. The summed E-state index contributed by atoms with van der Waals surface area (Å²) in [6.45, 7) is 5.72. The van der Waals surface area contributed by atoms with Gasteiger partial charge in [0.25, 0.3) is 0 Å². The lowest BCUT2D eigenvalue weighted by Crippen LogP contribution is -2.63. The Morgan fingerprint density at radius 3 is 2.58 bits per heavy atom. The van der Waals surface area contributed by atoms with Crippen LogP contribution >= 0.6 is 0 Å². The molecule has 2 heterocycles. The number of carbonyl (C=O) groups is 2. The molecule has 3 rings (SSSR count). The van der Waals surface area contributed by atoms with E-state index >= 15 is 0 Å². The van der Waals surface area contributed by atoms with Crippen LogP contribution in [-0.4, -0.2) is 60.5 Å². The van der Waals surface area contributed by atoms with Crippen molar-refractivity contribution in [3.63, 3.8) is 0 Å². The van der Waals surface area contributed by atoms with Gasteiger partial charge in [-0.1, -0.05) is 37.6 Å². The van der Waals surface area contributed by atoms with Crippen molar-refractivity contribution in [1.82, 2.24) is 5.32 Å². The minimum Gasteiger partial charge on any atom is -0.497 e. The number of fused-ring (bicyclic) bond motifs is 4. The molecule has 0 radical (unpaired) electrons. The number of carbonyl (C=O) groups excluding carboxylic acids is 2. The topological polar surface area (TPSA) is 126 Å². The molecule has 0 spiro atoms. The number of methoxy groups -OCH3 is 2. The Morgan fingerprint density at radius 2 is 1.89 bits per heavy atom. The Hall–Kier alpha value is -2.88. The summed E-state index contributed by atoms with van der Waals surface area (Å²) in [4.78, 5) is 25.0. The van der Waals surface area contributed by atoms with Gasteiger partial charge in [0, 0.05) is 25.3 Å². The standard InChI is InChI=1S/C27H38N2O7/c1-16-7-6-8-24(35-5)27(33)15-23(36-26(32)29-27)18(3)10-17(2)22(30)14-25(31)28-20-11-19(9-16)12-21(13-20)34-4/h6-8,11-13,17-18,22-24,30,33H,9-10,14-15H2,1-5H3,(H,28,31)(H,29,32). The number of anilines is 1. The first-order valence-electron chi connectivity index (χ1n) is 12.3. The van der Waals surface area contributed by atoms with E-state index in [1.807, 2.05) is 39.0 Å². The Balaban J connectivity index is 1.96. The molecule has 0 aliphatic carbocycles. The quantitative estimate of drug-likeness (QED) is 0.489. The van der Waals surface area contributed by atoms with Gasteiger partial charge in [0.1, 0.15) is 18.0 Å². The molecular weight excluding hydrogens is 464 g/mol. The fourth-order valence-corrected chi connectivity index (χ4v) is 4.83. The van der Waals surface area contributed by atoms with Crippen LogP contribution in [0.3, 0.4) is 0 Å². The lowest BCUT2D eigenvalue weighted by molar-refractivity contribution is -0.142. The first-order valence-corrected chi connectivity index (χ1v) is 12.3. The van der Waals surface area contributed by atoms with Crippen LogP contribution in [0.2, 0.25) is 0 Å². The van der Waals surface area contributed by atoms with Crippen LogP contribution in [0, 0.1) is 11.8 Å². The number of aliphatic hydroxyl groups excluding tert-OH is 1. The maximum atomic E-state index is 12.7. The number of aliphatic hydroxyl groups is 2. The van der Waals surface area contributed by atoms with E-state index in [0.29, 0.717) is 24.3 Å². The summed E-state index contributed by atoms with van der Waals surface area (Å²) in [6, 6.07) is 5.52. The molecule has 9 nitrogen and oxygen atoms in total. The number of rotatable bonds is 2. The van der Waals surface area contributed by atoms with Crippen LogP contribution in [0.25, 0.3) is 0 Å². The summed E-state index contributed by atoms with van der Waals surface area (Å²) in [6.07, 6.45) is 3.49. The summed E-state index contributed by atoms with van der Waals surface area (Å²) in [7, 11) is 3.04. The Morgan fingerprint density at radius 1 is 1.14 bits per heavy atom. The molecule has 2 aliphatic heterocycles.